The summed E-state index contributed by atoms with van der Waals surface area (Å²) in [5, 5.41) is 10.6. The van der Waals surface area contributed by atoms with E-state index in [0.717, 1.165) is 30.8 Å². The molecule has 1 spiro atoms. The summed E-state index contributed by atoms with van der Waals surface area (Å²) in [7, 11) is 0. The third-order valence-corrected chi connectivity index (χ3v) is 5.64. The van der Waals surface area contributed by atoms with Gasteiger partial charge in [-0.15, -0.1) is 0 Å². The van der Waals surface area contributed by atoms with Crippen LogP contribution in [0.2, 0.25) is 0 Å². The number of nitrogen functional groups attached to an aromatic ring is 1. The molecule has 3 unspecified atom stereocenters. The summed E-state index contributed by atoms with van der Waals surface area (Å²) in [5.74, 6) is 1.85. The van der Waals surface area contributed by atoms with Gasteiger partial charge >= 0.3 is 0 Å². The predicted octanol–water partition coefficient (Wildman–Crippen LogP) is 2.74. The van der Waals surface area contributed by atoms with E-state index in [-0.39, 0.29) is 17.3 Å². The Balaban J connectivity index is 1.79. The predicted molar refractivity (Wildman–Crippen MR) is 79.1 cm³/mol. The van der Waals surface area contributed by atoms with Crippen molar-refractivity contribution in [2.24, 2.45) is 5.92 Å². The molecular formula is C15H20FNO2S. The second kappa shape index (κ2) is 5.54. The van der Waals surface area contributed by atoms with Gasteiger partial charge in [0.2, 0.25) is 0 Å². The van der Waals surface area contributed by atoms with Crippen LogP contribution in [0.1, 0.15) is 30.9 Å². The minimum absolute atomic E-state index is 0.0867. The van der Waals surface area contributed by atoms with Gasteiger partial charge < -0.3 is 15.6 Å². The zero-order valence-corrected chi connectivity index (χ0v) is 12.2. The van der Waals surface area contributed by atoms with Crippen molar-refractivity contribution in [3.05, 3.63) is 29.6 Å². The zero-order chi connectivity index (χ0) is 14.2. The smallest absolute Gasteiger partial charge is 0.123 e. The maximum absolute atomic E-state index is 13.4. The van der Waals surface area contributed by atoms with Gasteiger partial charge in [-0.3, -0.25) is 0 Å². The molecule has 110 valence electrons. The molecule has 0 bridgehead atoms. The van der Waals surface area contributed by atoms with Crippen LogP contribution in [0.15, 0.2) is 18.2 Å². The van der Waals surface area contributed by atoms with Crippen molar-refractivity contribution in [3.8, 4) is 0 Å². The number of aliphatic hydroxyl groups excluding tert-OH is 1. The lowest BCUT2D eigenvalue weighted by atomic mass is 9.80. The molecule has 2 heterocycles. The highest BCUT2D eigenvalue weighted by atomic mass is 32.2. The molecule has 3 rings (SSSR count). The van der Waals surface area contributed by atoms with E-state index >= 15 is 0 Å². The number of anilines is 1. The van der Waals surface area contributed by atoms with Gasteiger partial charge in [-0.05, 0) is 49.1 Å². The number of hydrogen-bond donors (Lipinski definition) is 2. The Morgan fingerprint density at radius 3 is 3.10 bits per heavy atom. The fourth-order valence-corrected chi connectivity index (χ4v) is 4.63. The van der Waals surface area contributed by atoms with Crippen LogP contribution in [-0.2, 0) is 4.74 Å². The average molecular weight is 297 g/mol. The largest absolute Gasteiger partial charge is 0.398 e. The van der Waals surface area contributed by atoms with E-state index in [1.165, 1.54) is 18.2 Å². The van der Waals surface area contributed by atoms with Crippen LogP contribution in [0.5, 0.6) is 0 Å². The minimum Gasteiger partial charge on any atom is -0.398 e. The van der Waals surface area contributed by atoms with E-state index in [9.17, 15) is 9.50 Å². The number of nitrogens with two attached hydrogens (primary N) is 1. The van der Waals surface area contributed by atoms with Crippen molar-refractivity contribution in [2.45, 2.75) is 31.0 Å². The Kier molecular flexibility index (Phi) is 3.93. The highest BCUT2D eigenvalue weighted by Gasteiger charge is 2.42. The number of halogens is 1. The first-order chi connectivity index (χ1) is 9.60. The van der Waals surface area contributed by atoms with Crippen molar-refractivity contribution in [3.63, 3.8) is 0 Å². The highest BCUT2D eigenvalue weighted by molar-refractivity contribution is 7.99. The molecule has 2 aliphatic rings. The van der Waals surface area contributed by atoms with Crippen molar-refractivity contribution in [2.75, 3.05) is 23.8 Å². The maximum atomic E-state index is 13.4. The summed E-state index contributed by atoms with van der Waals surface area (Å²) in [4.78, 5) is 0. The molecule has 0 amide bonds. The average Bonchev–Trinajstić information content (AvgIpc) is 2.88. The Hall–Kier alpha value is -0.780. The van der Waals surface area contributed by atoms with Crippen LogP contribution in [0.3, 0.4) is 0 Å². The first-order valence-corrected chi connectivity index (χ1v) is 8.20. The van der Waals surface area contributed by atoms with Gasteiger partial charge in [-0.25, -0.2) is 4.39 Å². The van der Waals surface area contributed by atoms with Gasteiger partial charge in [0.05, 0.1) is 11.7 Å². The molecule has 2 fully saturated rings. The normalized spacial score (nSPS) is 31.6. The number of hydrogen-bond acceptors (Lipinski definition) is 4. The van der Waals surface area contributed by atoms with Gasteiger partial charge in [0.25, 0.3) is 0 Å². The number of rotatable bonds is 2. The standard InChI is InChI=1S/C15H20FNO2S/c16-11-1-2-13(17)12(7-11)14(18)10-3-5-19-15(8-10)4-6-20-9-15/h1-2,7,10,14,18H,3-6,8-9,17H2. The molecule has 0 radical (unpaired) electrons. The molecule has 0 aliphatic carbocycles. The number of thioether (sulfide) groups is 1. The van der Waals surface area contributed by atoms with Gasteiger partial charge in [0.1, 0.15) is 5.82 Å². The van der Waals surface area contributed by atoms with Crippen molar-refractivity contribution >= 4 is 17.4 Å². The molecule has 20 heavy (non-hydrogen) atoms. The minimum atomic E-state index is -0.711. The van der Waals surface area contributed by atoms with Crippen LogP contribution >= 0.6 is 11.8 Å². The third-order valence-electron chi connectivity index (χ3n) is 4.41. The van der Waals surface area contributed by atoms with E-state index in [1.54, 1.807) is 0 Å². The second-order valence-corrected chi connectivity index (χ2v) is 6.91. The summed E-state index contributed by atoms with van der Waals surface area (Å²) in [6, 6.07) is 4.20. The van der Waals surface area contributed by atoms with Gasteiger partial charge in [-0.2, -0.15) is 11.8 Å². The summed E-state index contributed by atoms with van der Waals surface area (Å²) >= 11 is 1.90. The quantitative estimate of drug-likeness (QED) is 0.824. The summed E-state index contributed by atoms with van der Waals surface area (Å²) in [5.41, 5.74) is 6.76. The van der Waals surface area contributed by atoms with E-state index in [2.05, 4.69) is 0 Å². The van der Waals surface area contributed by atoms with Gasteiger partial charge in [-0.1, -0.05) is 0 Å². The topological polar surface area (TPSA) is 55.5 Å². The fraction of sp³-hybridized carbons (Fsp3) is 0.600. The molecule has 2 aliphatic heterocycles. The van der Waals surface area contributed by atoms with Crippen molar-refractivity contribution < 1.29 is 14.2 Å². The number of aliphatic hydroxyl groups is 1. The van der Waals surface area contributed by atoms with Gasteiger partial charge in [0.15, 0.2) is 0 Å². The Labute approximate surface area is 122 Å². The Morgan fingerprint density at radius 2 is 2.35 bits per heavy atom. The summed E-state index contributed by atoms with van der Waals surface area (Å²) in [6.45, 7) is 0.664. The summed E-state index contributed by atoms with van der Waals surface area (Å²) in [6.07, 6.45) is 1.96. The molecule has 5 heteroatoms. The fourth-order valence-electron chi connectivity index (χ4n) is 3.25. The van der Waals surface area contributed by atoms with E-state index in [4.69, 9.17) is 10.5 Å². The number of benzene rings is 1. The lowest BCUT2D eigenvalue weighted by Crippen LogP contribution is -2.41. The van der Waals surface area contributed by atoms with Crippen molar-refractivity contribution in [1.82, 2.24) is 0 Å². The Morgan fingerprint density at radius 1 is 1.50 bits per heavy atom. The molecule has 3 atom stereocenters. The Bertz CT molecular complexity index is 491. The second-order valence-electron chi connectivity index (χ2n) is 5.81. The molecule has 1 aromatic carbocycles. The lowest BCUT2D eigenvalue weighted by Gasteiger charge is -2.39. The van der Waals surface area contributed by atoms with E-state index in [0.29, 0.717) is 17.9 Å². The van der Waals surface area contributed by atoms with Crippen LogP contribution in [0.25, 0.3) is 0 Å². The number of ether oxygens (including phenoxy) is 1. The molecule has 1 aromatic rings. The molecular weight excluding hydrogens is 277 g/mol. The van der Waals surface area contributed by atoms with Crippen LogP contribution in [0, 0.1) is 11.7 Å². The van der Waals surface area contributed by atoms with Gasteiger partial charge in [0, 0.05) is 23.6 Å². The molecule has 2 saturated heterocycles. The van der Waals surface area contributed by atoms with Crippen LogP contribution in [-0.4, -0.2) is 28.8 Å². The first kappa shape index (κ1) is 14.2. The zero-order valence-electron chi connectivity index (χ0n) is 11.3. The third kappa shape index (κ3) is 2.67. The van der Waals surface area contributed by atoms with Crippen molar-refractivity contribution in [1.29, 1.82) is 0 Å². The van der Waals surface area contributed by atoms with Crippen LogP contribution < -0.4 is 5.73 Å². The molecule has 3 N–H and O–H groups in total. The van der Waals surface area contributed by atoms with E-state index < -0.39 is 6.10 Å². The van der Waals surface area contributed by atoms with Crippen LogP contribution in [0.4, 0.5) is 10.1 Å². The summed E-state index contributed by atoms with van der Waals surface area (Å²) < 4.78 is 19.3. The first-order valence-electron chi connectivity index (χ1n) is 7.04. The molecule has 0 aromatic heterocycles. The highest BCUT2D eigenvalue weighted by Crippen LogP contribution is 2.44. The monoisotopic (exact) mass is 297 g/mol. The molecule has 0 saturated carbocycles. The molecule has 3 nitrogen and oxygen atoms in total. The maximum Gasteiger partial charge on any atom is 0.123 e. The van der Waals surface area contributed by atoms with E-state index in [1.807, 2.05) is 11.8 Å². The SMILES string of the molecule is Nc1ccc(F)cc1C(O)C1CCOC2(CCSC2)C1. The lowest BCUT2D eigenvalue weighted by molar-refractivity contribution is -0.102.